The number of aliphatic imine (C=N–C) groups is 1. The van der Waals surface area contributed by atoms with E-state index >= 15 is 0 Å². The molecule has 2 unspecified atom stereocenters. The lowest BCUT2D eigenvalue weighted by atomic mass is 10.0. The summed E-state index contributed by atoms with van der Waals surface area (Å²) in [5, 5.41) is 10.4. The highest BCUT2D eigenvalue weighted by atomic mass is 16.5. The molecule has 4 atom stereocenters. The average Bonchev–Trinajstić information content (AvgIpc) is 3.03. The maximum absolute atomic E-state index is 12.0. The van der Waals surface area contributed by atoms with Crippen molar-refractivity contribution in [2.45, 2.75) is 37.3 Å². The van der Waals surface area contributed by atoms with E-state index in [1.807, 2.05) is 49.4 Å². The fourth-order valence-electron chi connectivity index (χ4n) is 3.55. The molecular weight excluding hydrogens is 292 g/mol. The van der Waals surface area contributed by atoms with Gasteiger partial charge >= 0.3 is 0 Å². The van der Waals surface area contributed by atoms with Crippen molar-refractivity contribution in [3.63, 3.8) is 0 Å². The summed E-state index contributed by atoms with van der Waals surface area (Å²) in [6.45, 7) is 1.86. The van der Waals surface area contributed by atoms with E-state index < -0.39 is 17.9 Å². The molecule has 0 spiro atoms. The van der Waals surface area contributed by atoms with Crippen LogP contribution in [-0.4, -0.2) is 40.0 Å². The number of aliphatic hydroxyl groups is 1. The summed E-state index contributed by atoms with van der Waals surface area (Å²) >= 11 is 0. The van der Waals surface area contributed by atoms with E-state index in [9.17, 15) is 9.90 Å². The van der Waals surface area contributed by atoms with Crippen molar-refractivity contribution in [1.29, 1.82) is 0 Å². The Bertz CT molecular complexity index is 740. The number of amidine groups is 1. The van der Waals surface area contributed by atoms with Gasteiger partial charge < -0.3 is 9.84 Å². The molecule has 0 amide bonds. The maximum Gasteiger partial charge on any atom is 0.226 e. The molecule has 0 aromatic heterocycles. The third-order valence-corrected chi connectivity index (χ3v) is 4.76. The minimum Gasteiger partial charge on any atom is -0.390 e. The number of ether oxygens (including phenoxy) is 1. The largest absolute Gasteiger partial charge is 0.390 e. The fraction of sp³-hybridized carbons (Fsp3) is 0.333. The maximum atomic E-state index is 12.0. The summed E-state index contributed by atoms with van der Waals surface area (Å²) < 4.78 is 6.24. The van der Waals surface area contributed by atoms with E-state index in [2.05, 4.69) is 4.99 Å². The van der Waals surface area contributed by atoms with Crippen LogP contribution in [0.1, 0.15) is 24.2 Å². The Morgan fingerprint density at radius 2 is 2.22 bits per heavy atom. The Labute approximate surface area is 134 Å². The van der Waals surface area contributed by atoms with E-state index in [-0.39, 0.29) is 6.04 Å². The topological polar surface area (TPSA) is 62.1 Å². The smallest absolute Gasteiger partial charge is 0.226 e. The van der Waals surface area contributed by atoms with Gasteiger partial charge in [0.1, 0.15) is 18.0 Å². The first-order valence-corrected chi connectivity index (χ1v) is 7.78. The van der Waals surface area contributed by atoms with Crippen LogP contribution in [0.3, 0.4) is 0 Å². The van der Waals surface area contributed by atoms with E-state index in [1.165, 1.54) is 0 Å². The number of allylic oxidation sites excluding steroid dienone is 2. The molecule has 0 fully saturated rings. The lowest BCUT2D eigenvalue weighted by Gasteiger charge is -2.38. The Balaban J connectivity index is 1.71. The van der Waals surface area contributed by atoms with Crippen molar-refractivity contribution in [1.82, 2.24) is 4.90 Å². The number of fused-ring (bicyclic) bond motifs is 2. The van der Waals surface area contributed by atoms with Gasteiger partial charge in [0.05, 0.1) is 6.10 Å². The summed E-state index contributed by atoms with van der Waals surface area (Å²) in [4.78, 5) is 18.3. The quantitative estimate of drug-likeness (QED) is 0.864. The van der Waals surface area contributed by atoms with Gasteiger partial charge in [-0.25, -0.2) is 0 Å². The van der Waals surface area contributed by atoms with Crippen LogP contribution in [0.15, 0.2) is 53.7 Å². The summed E-state index contributed by atoms with van der Waals surface area (Å²) in [7, 11) is 0. The zero-order valence-electron chi connectivity index (χ0n) is 12.8. The van der Waals surface area contributed by atoms with Gasteiger partial charge in [0.2, 0.25) is 5.72 Å². The van der Waals surface area contributed by atoms with Crippen LogP contribution in [-0.2, 0) is 16.0 Å². The standard InChI is InChI=1S/C18H18N2O3/c1-12-18(11-21,20-9-5-4-8-16(20)19-12)23-17-14-7-3-2-6-13(14)10-15(17)22/h2-9,11-12,15,17,22H,10H2,1H3/t12?,15-,17+,18?/m0/s1. The van der Waals surface area contributed by atoms with Crippen LogP contribution >= 0.6 is 0 Å². The van der Waals surface area contributed by atoms with Crippen molar-refractivity contribution in [2.24, 2.45) is 4.99 Å². The average molecular weight is 310 g/mol. The Morgan fingerprint density at radius 1 is 1.39 bits per heavy atom. The summed E-state index contributed by atoms with van der Waals surface area (Å²) in [5.41, 5.74) is 0.782. The van der Waals surface area contributed by atoms with Crippen molar-refractivity contribution < 1.29 is 14.6 Å². The molecule has 1 aromatic rings. The lowest BCUT2D eigenvalue weighted by molar-refractivity contribution is -0.178. The zero-order chi connectivity index (χ0) is 16.0. The minimum atomic E-state index is -1.22. The number of carbonyl (C=O) groups excluding carboxylic acids is 1. The van der Waals surface area contributed by atoms with E-state index in [4.69, 9.17) is 4.74 Å². The van der Waals surface area contributed by atoms with Gasteiger partial charge in [-0.05, 0) is 30.2 Å². The second-order valence-corrected chi connectivity index (χ2v) is 6.11. The molecule has 3 aliphatic rings. The van der Waals surface area contributed by atoms with Gasteiger partial charge in [0, 0.05) is 12.6 Å². The molecule has 4 rings (SSSR count). The normalized spacial score (nSPS) is 34.3. The van der Waals surface area contributed by atoms with Crippen LogP contribution < -0.4 is 0 Å². The molecule has 1 aromatic carbocycles. The van der Waals surface area contributed by atoms with Gasteiger partial charge in [-0.3, -0.25) is 14.7 Å². The molecule has 0 saturated carbocycles. The molecule has 5 nitrogen and oxygen atoms in total. The minimum absolute atomic E-state index is 0.359. The first kappa shape index (κ1) is 14.4. The first-order valence-electron chi connectivity index (χ1n) is 7.78. The molecule has 5 heteroatoms. The van der Waals surface area contributed by atoms with E-state index in [0.29, 0.717) is 12.3 Å². The molecule has 2 heterocycles. The number of hydrogen-bond donors (Lipinski definition) is 1. The molecule has 1 aliphatic carbocycles. The number of rotatable bonds is 3. The highest BCUT2D eigenvalue weighted by Crippen LogP contribution is 2.41. The van der Waals surface area contributed by atoms with Crippen LogP contribution in [0.25, 0.3) is 0 Å². The highest BCUT2D eigenvalue weighted by Gasteiger charge is 2.52. The summed E-state index contributed by atoms with van der Waals surface area (Å²) in [5.74, 6) is 0.702. The predicted octanol–water partition coefficient (Wildman–Crippen LogP) is 1.74. The molecule has 0 radical (unpaired) electrons. The van der Waals surface area contributed by atoms with Crippen LogP contribution in [0.5, 0.6) is 0 Å². The van der Waals surface area contributed by atoms with Gasteiger partial charge in [0.15, 0.2) is 6.29 Å². The number of hydrogen-bond acceptors (Lipinski definition) is 5. The monoisotopic (exact) mass is 310 g/mol. The molecule has 2 aliphatic heterocycles. The van der Waals surface area contributed by atoms with E-state index in [0.717, 1.165) is 17.4 Å². The Morgan fingerprint density at radius 3 is 3.04 bits per heavy atom. The fourth-order valence-corrected chi connectivity index (χ4v) is 3.55. The number of nitrogens with zero attached hydrogens (tertiary/aromatic N) is 2. The SMILES string of the molecule is CC1N=C2C=CC=CN2C1(C=O)O[C@@H]1c2ccccc2C[C@@H]1O. The number of benzene rings is 1. The van der Waals surface area contributed by atoms with Gasteiger partial charge in [-0.15, -0.1) is 0 Å². The zero-order valence-corrected chi connectivity index (χ0v) is 12.8. The second-order valence-electron chi connectivity index (χ2n) is 6.11. The van der Waals surface area contributed by atoms with Crippen molar-refractivity contribution in [3.05, 3.63) is 59.8 Å². The molecular formula is C18H18N2O3. The van der Waals surface area contributed by atoms with E-state index in [1.54, 1.807) is 11.1 Å². The van der Waals surface area contributed by atoms with Crippen LogP contribution in [0.2, 0.25) is 0 Å². The molecule has 0 saturated heterocycles. The Kier molecular flexibility index (Phi) is 3.21. The summed E-state index contributed by atoms with van der Waals surface area (Å²) in [6.07, 6.45) is 7.51. The van der Waals surface area contributed by atoms with Crippen LogP contribution in [0, 0.1) is 0 Å². The third kappa shape index (κ3) is 2.00. The number of aldehydes is 1. The second kappa shape index (κ2) is 5.15. The van der Waals surface area contributed by atoms with Gasteiger partial charge in [-0.2, -0.15) is 0 Å². The first-order chi connectivity index (χ1) is 11.2. The molecule has 1 N–H and O–H groups in total. The Hall–Kier alpha value is -2.24. The number of aliphatic hydroxyl groups excluding tert-OH is 1. The molecule has 0 bridgehead atoms. The molecule has 23 heavy (non-hydrogen) atoms. The van der Waals surface area contributed by atoms with Crippen molar-refractivity contribution >= 4 is 12.1 Å². The van der Waals surface area contributed by atoms with Gasteiger partial charge in [0.25, 0.3) is 0 Å². The number of carbonyl (C=O) groups is 1. The van der Waals surface area contributed by atoms with Gasteiger partial charge in [-0.1, -0.05) is 30.3 Å². The molecule has 118 valence electrons. The lowest BCUT2D eigenvalue weighted by Crippen LogP contribution is -2.55. The van der Waals surface area contributed by atoms with Crippen LogP contribution in [0.4, 0.5) is 0 Å². The van der Waals surface area contributed by atoms with Crippen molar-refractivity contribution in [3.8, 4) is 0 Å². The highest BCUT2D eigenvalue weighted by molar-refractivity contribution is 5.99. The third-order valence-electron chi connectivity index (χ3n) is 4.76. The summed E-state index contributed by atoms with van der Waals surface area (Å²) in [6, 6.07) is 7.44. The predicted molar refractivity (Wildman–Crippen MR) is 85.8 cm³/mol. The van der Waals surface area contributed by atoms with Crippen molar-refractivity contribution in [2.75, 3.05) is 0 Å².